The van der Waals surface area contributed by atoms with Crippen LogP contribution in [-0.2, 0) is 16.1 Å². The average molecular weight is 295 g/mol. The van der Waals surface area contributed by atoms with E-state index in [2.05, 4.69) is 27.5 Å². The van der Waals surface area contributed by atoms with Crippen molar-refractivity contribution in [1.82, 2.24) is 14.9 Å². The summed E-state index contributed by atoms with van der Waals surface area (Å²) >= 11 is 0. The van der Waals surface area contributed by atoms with Gasteiger partial charge in [0.2, 0.25) is 5.91 Å². The first-order valence-electron chi connectivity index (χ1n) is 7.19. The standard InChI is InChI=1S/C14H25N5O2/c1-5-7-15-11-8-12(18-13(17-11)10-21-4)16-9-14(20)19(3)6-2/h8H,5-7,9-10H2,1-4H3,(H2,15,16,17,18). The van der Waals surface area contributed by atoms with Gasteiger partial charge in [-0.2, -0.15) is 0 Å². The van der Waals surface area contributed by atoms with Crippen LogP contribution >= 0.6 is 0 Å². The Morgan fingerprint density at radius 2 is 1.95 bits per heavy atom. The molecule has 0 bridgehead atoms. The largest absolute Gasteiger partial charge is 0.377 e. The zero-order valence-electron chi connectivity index (χ0n) is 13.3. The fourth-order valence-corrected chi connectivity index (χ4v) is 1.60. The highest BCUT2D eigenvalue weighted by molar-refractivity contribution is 5.80. The zero-order valence-corrected chi connectivity index (χ0v) is 13.3. The van der Waals surface area contributed by atoms with E-state index in [1.807, 2.05) is 6.92 Å². The van der Waals surface area contributed by atoms with Gasteiger partial charge in [0.15, 0.2) is 5.82 Å². The zero-order chi connectivity index (χ0) is 15.7. The predicted octanol–water partition coefficient (Wildman–Crippen LogP) is 1.34. The maximum absolute atomic E-state index is 11.8. The van der Waals surface area contributed by atoms with E-state index in [1.54, 1.807) is 25.1 Å². The molecule has 0 spiro atoms. The van der Waals surface area contributed by atoms with E-state index in [9.17, 15) is 4.79 Å². The lowest BCUT2D eigenvalue weighted by molar-refractivity contribution is -0.127. The fourth-order valence-electron chi connectivity index (χ4n) is 1.60. The van der Waals surface area contributed by atoms with Gasteiger partial charge in [-0.05, 0) is 13.3 Å². The summed E-state index contributed by atoms with van der Waals surface area (Å²) in [6.45, 7) is 6.08. The van der Waals surface area contributed by atoms with Crippen LogP contribution in [0.3, 0.4) is 0 Å². The van der Waals surface area contributed by atoms with Crippen LogP contribution in [-0.4, -0.2) is 54.6 Å². The van der Waals surface area contributed by atoms with Crippen molar-refractivity contribution in [3.63, 3.8) is 0 Å². The lowest BCUT2D eigenvalue weighted by Crippen LogP contribution is -2.32. The number of hydrogen-bond acceptors (Lipinski definition) is 6. The fraction of sp³-hybridized carbons (Fsp3) is 0.643. The summed E-state index contributed by atoms with van der Waals surface area (Å²) in [6, 6.07) is 1.80. The first kappa shape index (κ1) is 17.2. The number of ether oxygens (including phenoxy) is 1. The minimum absolute atomic E-state index is 0.0208. The molecule has 2 N–H and O–H groups in total. The molecule has 7 heteroatoms. The molecule has 0 atom stereocenters. The number of anilines is 2. The molecule has 1 aromatic rings. The van der Waals surface area contributed by atoms with Gasteiger partial charge in [0, 0.05) is 33.3 Å². The SMILES string of the molecule is CCCNc1cc(NCC(=O)N(C)CC)nc(COC)n1. The summed E-state index contributed by atoms with van der Waals surface area (Å²) in [5.41, 5.74) is 0. The summed E-state index contributed by atoms with van der Waals surface area (Å²) in [6.07, 6.45) is 1.01. The molecule has 0 fully saturated rings. The van der Waals surface area contributed by atoms with Gasteiger partial charge < -0.3 is 20.3 Å². The van der Waals surface area contributed by atoms with Crippen molar-refractivity contribution in [2.75, 3.05) is 44.4 Å². The normalized spacial score (nSPS) is 10.3. The van der Waals surface area contributed by atoms with Crippen LogP contribution in [0.1, 0.15) is 26.1 Å². The number of carbonyl (C=O) groups excluding carboxylic acids is 1. The van der Waals surface area contributed by atoms with Gasteiger partial charge in [-0.15, -0.1) is 0 Å². The maximum Gasteiger partial charge on any atom is 0.241 e. The summed E-state index contributed by atoms with van der Waals surface area (Å²) in [4.78, 5) is 22.1. The summed E-state index contributed by atoms with van der Waals surface area (Å²) < 4.78 is 5.07. The molecule has 21 heavy (non-hydrogen) atoms. The molecule has 0 saturated heterocycles. The first-order valence-corrected chi connectivity index (χ1v) is 7.19. The molecule has 0 aliphatic rings. The Hall–Kier alpha value is -1.89. The monoisotopic (exact) mass is 295 g/mol. The Labute approximate surface area is 126 Å². The van der Waals surface area contributed by atoms with E-state index >= 15 is 0 Å². The molecule has 1 amide bonds. The second-order valence-corrected chi connectivity index (χ2v) is 4.68. The van der Waals surface area contributed by atoms with Crippen LogP contribution < -0.4 is 10.6 Å². The highest BCUT2D eigenvalue weighted by Crippen LogP contribution is 2.12. The van der Waals surface area contributed by atoms with Crippen LogP contribution in [0.25, 0.3) is 0 Å². The maximum atomic E-state index is 11.8. The van der Waals surface area contributed by atoms with E-state index < -0.39 is 0 Å². The van der Waals surface area contributed by atoms with Crippen molar-refractivity contribution in [3.05, 3.63) is 11.9 Å². The van der Waals surface area contributed by atoms with Crippen molar-refractivity contribution in [2.24, 2.45) is 0 Å². The third kappa shape index (κ3) is 5.95. The average Bonchev–Trinajstić information content (AvgIpc) is 2.50. The molecular formula is C14H25N5O2. The predicted molar refractivity (Wildman–Crippen MR) is 83.3 cm³/mol. The number of likely N-dealkylation sites (N-methyl/N-ethyl adjacent to an activating group) is 1. The molecule has 0 aliphatic carbocycles. The van der Waals surface area contributed by atoms with Gasteiger partial charge in [0.05, 0.1) is 6.54 Å². The topological polar surface area (TPSA) is 79.4 Å². The van der Waals surface area contributed by atoms with Gasteiger partial charge in [0.25, 0.3) is 0 Å². The number of amides is 1. The third-order valence-corrected chi connectivity index (χ3v) is 2.92. The Morgan fingerprint density at radius 1 is 1.29 bits per heavy atom. The van der Waals surface area contributed by atoms with Gasteiger partial charge in [-0.3, -0.25) is 4.79 Å². The van der Waals surface area contributed by atoms with Gasteiger partial charge in [-0.25, -0.2) is 9.97 Å². The molecule has 0 unspecified atom stereocenters. The number of carbonyl (C=O) groups is 1. The van der Waals surface area contributed by atoms with Crippen LogP contribution in [0.2, 0.25) is 0 Å². The van der Waals surface area contributed by atoms with Crippen molar-refractivity contribution in [1.29, 1.82) is 0 Å². The minimum Gasteiger partial charge on any atom is -0.377 e. The Bertz CT molecular complexity index is 453. The number of rotatable bonds is 9. The Balaban J connectivity index is 2.74. The minimum atomic E-state index is 0.0208. The number of methoxy groups -OCH3 is 1. The van der Waals surface area contributed by atoms with Gasteiger partial charge in [0.1, 0.15) is 18.2 Å². The number of nitrogens with one attached hydrogen (secondary N) is 2. The van der Waals surface area contributed by atoms with Crippen LogP contribution in [0.5, 0.6) is 0 Å². The van der Waals surface area contributed by atoms with Crippen molar-refractivity contribution >= 4 is 17.5 Å². The number of aromatic nitrogens is 2. The smallest absolute Gasteiger partial charge is 0.241 e. The number of nitrogens with zero attached hydrogens (tertiary/aromatic N) is 3. The summed E-state index contributed by atoms with van der Waals surface area (Å²) in [5, 5.41) is 6.25. The molecule has 0 aromatic carbocycles. The quantitative estimate of drug-likeness (QED) is 0.715. The van der Waals surface area contributed by atoms with Crippen LogP contribution in [0, 0.1) is 0 Å². The van der Waals surface area contributed by atoms with Crippen LogP contribution in [0.4, 0.5) is 11.6 Å². The van der Waals surface area contributed by atoms with E-state index in [4.69, 9.17) is 4.74 Å². The van der Waals surface area contributed by atoms with E-state index in [0.717, 1.165) is 18.8 Å². The van der Waals surface area contributed by atoms with E-state index in [1.165, 1.54) is 0 Å². The second-order valence-electron chi connectivity index (χ2n) is 4.68. The highest BCUT2D eigenvalue weighted by Gasteiger charge is 2.08. The highest BCUT2D eigenvalue weighted by atomic mass is 16.5. The summed E-state index contributed by atoms with van der Waals surface area (Å²) in [7, 11) is 3.37. The molecule has 1 heterocycles. The Kier molecular flexibility index (Phi) is 7.45. The molecule has 118 valence electrons. The first-order chi connectivity index (χ1) is 10.1. The van der Waals surface area contributed by atoms with E-state index in [-0.39, 0.29) is 12.5 Å². The van der Waals surface area contributed by atoms with Crippen molar-refractivity contribution in [2.45, 2.75) is 26.9 Å². The third-order valence-electron chi connectivity index (χ3n) is 2.92. The van der Waals surface area contributed by atoms with Crippen molar-refractivity contribution < 1.29 is 9.53 Å². The van der Waals surface area contributed by atoms with Crippen LogP contribution in [0.15, 0.2) is 6.07 Å². The lowest BCUT2D eigenvalue weighted by Gasteiger charge is -2.15. The van der Waals surface area contributed by atoms with E-state index in [0.29, 0.717) is 24.8 Å². The molecule has 7 nitrogen and oxygen atoms in total. The van der Waals surface area contributed by atoms with Gasteiger partial charge in [-0.1, -0.05) is 6.92 Å². The van der Waals surface area contributed by atoms with Crippen molar-refractivity contribution in [3.8, 4) is 0 Å². The Morgan fingerprint density at radius 3 is 2.52 bits per heavy atom. The van der Waals surface area contributed by atoms with Gasteiger partial charge >= 0.3 is 0 Å². The lowest BCUT2D eigenvalue weighted by atomic mass is 10.4. The summed E-state index contributed by atoms with van der Waals surface area (Å²) in [5.74, 6) is 1.95. The molecule has 0 saturated carbocycles. The number of hydrogen-bond donors (Lipinski definition) is 2. The molecule has 1 aromatic heterocycles. The molecule has 0 radical (unpaired) electrons. The second kappa shape index (κ2) is 9.12. The molecule has 0 aliphatic heterocycles. The molecule has 1 rings (SSSR count). The molecular weight excluding hydrogens is 270 g/mol.